The van der Waals surface area contributed by atoms with Gasteiger partial charge >= 0.3 is 5.97 Å². The van der Waals surface area contributed by atoms with Gasteiger partial charge in [-0.25, -0.2) is 4.98 Å². The number of anilines is 1. The van der Waals surface area contributed by atoms with Gasteiger partial charge in [0, 0.05) is 17.2 Å². The second-order valence-corrected chi connectivity index (χ2v) is 4.25. The fourth-order valence-corrected chi connectivity index (χ4v) is 1.63. The number of carbonyl (C=O) groups excluding carboxylic acids is 2. The van der Waals surface area contributed by atoms with Gasteiger partial charge in [0.05, 0.1) is 18.6 Å². The zero-order valence-corrected chi connectivity index (χ0v) is 11.5. The molecular weight excluding hydrogens is 302 g/mol. The van der Waals surface area contributed by atoms with Crippen LogP contribution in [-0.2, 0) is 9.53 Å². The first kappa shape index (κ1) is 14.4. The Morgan fingerprint density at radius 1 is 1.56 bits per heavy atom. The van der Waals surface area contributed by atoms with Crippen molar-refractivity contribution in [1.29, 1.82) is 0 Å². The van der Waals surface area contributed by atoms with Crippen LogP contribution in [0.4, 0.5) is 5.82 Å². The van der Waals surface area contributed by atoms with Crippen molar-refractivity contribution in [2.24, 2.45) is 0 Å². The summed E-state index contributed by atoms with van der Waals surface area (Å²) in [5.74, 6) is -0.403. The van der Waals surface area contributed by atoms with E-state index in [9.17, 15) is 9.59 Å². The van der Waals surface area contributed by atoms with Crippen LogP contribution in [0.1, 0.15) is 23.7 Å². The van der Waals surface area contributed by atoms with E-state index in [2.05, 4.69) is 26.2 Å². The Hall–Kier alpha value is -1.63. The summed E-state index contributed by atoms with van der Waals surface area (Å²) in [6.07, 6.45) is 1.59. The summed E-state index contributed by atoms with van der Waals surface area (Å²) >= 11 is 3.21. The minimum atomic E-state index is -0.342. The van der Waals surface area contributed by atoms with Crippen LogP contribution in [0.2, 0.25) is 0 Å². The Kier molecular flexibility index (Phi) is 5.57. The maximum atomic E-state index is 11.8. The number of halogens is 1. The molecule has 0 saturated heterocycles. The van der Waals surface area contributed by atoms with E-state index in [1.54, 1.807) is 6.92 Å². The van der Waals surface area contributed by atoms with Gasteiger partial charge in [0.1, 0.15) is 5.82 Å². The predicted molar refractivity (Wildman–Crippen MR) is 69.9 cm³/mol. The third kappa shape index (κ3) is 4.33. The molecule has 0 unspecified atom stereocenters. The van der Waals surface area contributed by atoms with Crippen molar-refractivity contribution in [3.63, 3.8) is 0 Å². The summed E-state index contributed by atoms with van der Waals surface area (Å²) < 4.78 is 5.29. The standard InChI is InChI=1S/C11H14BrN3O3/c1-2-18-10(16)3-4-14-11(17)7-5-9(13)15-6-8(7)12/h5-6H,2-4H2,1H3,(H2,13,15)(H,14,17). The number of pyridine rings is 1. The van der Waals surface area contributed by atoms with Crippen LogP contribution in [0, 0.1) is 0 Å². The fraction of sp³-hybridized carbons (Fsp3) is 0.364. The van der Waals surface area contributed by atoms with Crippen molar-refractivity contribution in [2.45, 2.75) is 13.3 Å². The van der Waals surface area contributed by atoms with Gasteiger partial charge in [-0.05, 0) is 28.9 Å². The SMILES string of the molecule is CCOC(=O)CCNC(=O)c1cc(N)ncc1Br. The normalized spacial score (nSPS) is 9.89. The molecule has 0 fully saturated rings. The topological polar surface area (TPSA) is 94.3 Å². The molecular formula is C11H14BrN3O3. The van der Waals surface area contributed by atoms with Gasteiger partial charge in [-0.2, -0.15) is 0 Å². The van der Waals surface area contributed by atoms with Gasteiger partial charge in [-0.15, -0.1) is 0 Å². The number of aromatic nitrogens is 1. The number of hydrogen-bond acceptors (Lipinski definition) is 5. The summed E-state index contributed by atoms with van der Waals surface area (Å²) in [5.41, 5.74) is 5.88. The number of hydrogen-bond donors (Lipinski definition) is 2. The van der Waals surface area contributed by atoms with Gasteiger partial charge in [0.15, 0.2) is 0 Å². The fourth-order valence-electron chi connectivity index (χ4n) is 1.24. The van der Waals surface area contributed by atoms with E-state index in [0.717, 1.165) is 0 Å². The molecule has 7 heteroatoms. The Bertz CT molecular complexity index is 451. The van der Waals surface area contributed by atoms with E-state index in [4.69, 9.17) is 10.5 Å². The molecule has 0 radical (unpaired) electrons. The highest BCUT2D eigenvalue weighted by Crippen LogP contribution is 2.16. The zero-order chi connectivity index (χ0) is 13.5. The largest absolute Gasteiger partial charge is 0.466 e. The second kappa shape index (κ2) is 6.95. The first-order chi connectivity index (χ1) is 8.54. The van der Waals surface area contributed by atoms with Crippen LogP contribution in [-0.4, -0.2) is 30.0 Å². The Morgan fingerprint density at radius 3 is 2.94 bits per heavy atom. The molecule has 0 aliphatic rings. The molecule has 0 aliphatic carbocycles. The molecule has 18 heavy (non-hydrogen) atoms. The number of nitrogen functional groups attached to an aromatic ring is 1. The molecule has 6 nitrogen and oxygen atoms in total. The summed E-state index contributed by atoms with van der Waals surface area (Å²) in [4.78, 5) is 26.7. The van der Waals surface area contributed by atoms with Crippen LogP contribution in [0.25, 0.3) is 0 Å². The maximum Gasteiger partial charge on any atom is 0.307 e. The highest BCUT2D eigenvalue weighted by Gasteiger charge is 2.11. The molecule has 0 spiro atoms. The number of nitrogens with two attached hydrogens (primary N) is 1. The number of nitrogens with one attached hydrogen (secondary N) is 1. The van der Waals surface area contributed by atoms with Gasteiger partial charge < -0.3 is 15.8 Å². The first-order valence-electron chi connectivity index (χ1n) is 5.39. The molecule has 3 N–H and O–H groups in total. The lowest BCUT2D eigenvalue weighted by Gasteiger charge is -2.07. The smallest absolute Gasteiger partial charge is 0.307 e. The lowest BCUT2D eigenvalue weighted by molar-refractivity contribution is -0.142. The highest BCUT2D eigenvalue weighted by molar-refractivity contribution is 9.10. The number of nitrogens with zero attached hydrogens (tertiary/aromatic N) is 1. The molecule has 1 aromatic rings. The number of rotatable bonds is 5. The number of amides is 1. The lowest BCUT2D eigenvalue weighted by Crippen LogP contribution is -2.27. The minimum Gasteiger partial charge on any atom is -0.466 e. The van der Waals surface area contributed by atoms with Crippen LogP contribution < -0.4 is 11.1 Å². The number of carbonyl (C=O) groups is 2. The summed E-state index contributed by atoms with van der Waals surface area (Å²) in [5, 5.41) is 2.60. The minimum absolute atomic E-state index is 0.137. The Labute approximate surface area is 113 Å². The summed E-state index contributed by atoms with van der Waals surface area (Å²) in [7, 11) is 0. The molecule has 0 aromatic carbocycles. The van der Waals surface area contributed by atoms with Gasteiger partial charge in [-0.3, -0.25) is 9.59 Å². The molecule has 0 atom stereocenters. The molecule has 1 amide bonds. The third-order valence-corrected chi connectivity index (χ3v) is 2.67. The van der Waals surface area contributed by atoms with Crippen molar-refractivity contribution in [3.05, 3.63) is 22.3 Å². The highest BCUT2D eigenvalue weighted by atomic mass is 79.9. The van der Waals surface area contributed by atoms with Crippen LogP contribution in [0.5, 0.6) is 0 Å². The van der Waals surface area contributed by atoms with Gasteiger partial charge in [0.2, 0.25) is 0 Å². The van der Waals surface area contributed by atoms with E-state index in [1.807, 2.05) is 0 Å². The average Bonchev–Trinajstić information content (AvgIpc) is 2.32. The van der Waals surface area contributed by atoms with Crippen molar-refractivity contribution < 1.29 is 14.3 Å². The molecule has 1 aromatic heterocycles. The molecule has 0 saturated carbocycles. The van der Waals surface area contributed by atoms with Gasteiger partial charge in [-0.1, -0.05) is 0 Å². The van der Waals surface area contributed by atoms with Crippen molar-refractivity contribution >= 4 is 33.6 Å². The van der Waals surface area contributed by atoms with Crippen LogP contribution in [0.3, 0.4) is 0 Å². The third-order valence-electron chi connectivity index (χ3n) is 2.04. The maximum absolute atomic E-state index is 11.8. The first-order valence-corrected chi connectivity index (χ1v) is 6.18. The number of esters is 1. The van der Waals surface area contributed by atoms with E-state index < -0.39 is 0 Å². The molecule has 98 valence electrons. The van der Waals surface area contributed by atoms with E-state index in [0.29, 0.717) is 16.6 Å². The quantitative estimate of drug-likeness (QED) is 0.794. The summed E-state index contributed by atoms with van der Waals surface area (Å²) in [6.45, 7) is 2.28. The van der Waals surface area contributed by atoms with E-state index in [-0.39, 0.29) is 30.7 Å². The van der Waals surface area contributed by atoms with Crippen LogP contribution >= 0.6 is 15.9 Å². The van der Waals surface area contributed by atoms with Gasteiger partial charge in [0.25, 0.3) is 5.91 Å². The predicted octanol–water partition coefficient (Wildman–Crippen LogP) is 1.11. The monoisotopic (exact) mass is 315 g/mol. The van der Waals surface area contributed by atoms with E-state index >= 15 is 0 Å². The summed E-state index contributed by atoms with van der Waals surface area (Å²) in [6, 6.07) is 1.46. The Morgan fingerprint density at radius 2 is 2.28 bits per heavy atom. The van der Waals surface area contributed by atoms with Crippen molar-refractivity contribution in [1.82, 2.24) is 10.3 Å². The number of ether oxygens (including phenoxy) is 1. The van der Waals surface area contributed by atoms with Crippen molar-refractivity contribution in [2.75, 3.05) is 18.9 Å². The van der Waals surface area contributed by atoms with E-state index in [1.165, 1.54) is 12.3 Å². The lowest BCUT2D eigenvalue weighted by atomic mass is 10.2. The molecule has 0 aliphatic heterocycles. The molecule has 0 bridgehead atoms. The zero-order valence-electron chi connectivity index (χ0n) is 9.90. The van der Waals surface area contributed by atoms with Crippen molar-refractivity contribution in [3.8, 4) is 0 Å². The molecule has 1 heterocycles. The van der Waals surface area contributed by atoms with Crippen LogP contribution in [0.15, 0.2) is 16.7 Å². The Balaban J connectivity index is 2.50. The molecule has 1 rings (SSSR count). The second-order valence-electron chi connectivity index (χ2n) is 3.40. The average molecular weight is 316 g/mol.